The number of benzene rings is 1. The van der Waals surface area contributed by atoms with Crippen molar-refractivity contribution in [3.8, 4) is 0 Å². The largest absolute Gasteiger partial charge is 0.416 e. The van der Waals surface area contributed by atoms with Crippen molar-refractivity contribution in [1.29, 1.82) is 0 Å². The number of hydrogen-bond donors (Lipinski definition) is 1. The number of halogens is 3. The average Bonchev–Trinajstić information content (AvgIpc) is 2.97. The van der Waals surface area contributed by atoms with Gasteiger partial charge in [-0.15, -0.1) is 0 Å². The maximum absolute atomic E-state index is 12.6. The SMILES string of the molecule is C=CC(=O)Nc1ncc2cnn(Cc3ccc(C(F)(F)F)cc3)c2n1. The standard InChI is InChI=1S/C16H12F3N5O/c1-2-13(25)22-15-20-7-11-8-21-24(14(11)23-15)9-10-3-5-12(6-4-10)16(17,18)19/h2-8H,1,9H2,(H,20,22,23,25). The van der Waals surface area contributed by atoms with E-state index < -0.39 is 17.6 Å². The fraction of sp³-hybridized carbons (Fsp3) is 0.125. The topological polar surface area (TPSA) is 72.7 Å². The Morgan fingerprint density at radius 1 is 1.24 bits per heavy atom. The second kappa shape index (κ2) is 6.34. The molecule has 128 valence electrons. The molecule has 2 heterocycles. The molecular weight excluding hydrogens is 335 g/mol. The van der Waals surface area contributed by atoms with E-state index in [9.17, 15) is 18.0 Å². The van der Waals surface area contributed by atoms with Crippen molar-refractivity contribution in [2.45, 2.75) is 12.7 Å². The van der Waals surface area contributed by atoms with Crippen LogP contribution in [0.1, 0.15) is 11.1 Å². The van der Waals surface area contributed by atoms with Crippen LogP contribution in [0.4, 0.5) is 19.1 Å². The van der Waals surface area contributed by atoms with Crippen LogP contribution in [0.2, 0.25) is 0 Å². The Bertz CT molecular complexity index is 931. The summed E-state index contributed by atoms with van der Waals surface area (Å²) in [5, 5.41) is 7.25. The molecule has 0 radical (unpaired) electrons. The zero-order valence-corrected chi connectivity index (χ0v) is 12.8. The highest BCUT2D eigenvalue weighted by atomic mass is 19.4. The van der Waals surface area contributed by atoms with Gasteiger partial charge in [0.2, 0.25) is 11.9 Å². The van der Waals surface area contributed by atoms with E-state index in [1.807, 2.05) is 0 Å². The molecule has 25 heavy (non-hydrogen) atoms. The minimum Gasteiger partial charge on any atom is -0.291 e. The van der Waals surface area contributed by atoms with Gasteiger partial charge in [-0.3, -0.25) is 10.1 Å². The van der Waals surface area contributed by atoms with Gasteiger partial charge in [-0.2, -0.15) is 23.3 Å². The summed E-state index contributed by atoms with van der Waals surface area (Å²) in [6.07, 6.45) is -0.245. The normalized spacial score (nSPS) is 11.5. The summed E-state index contributed by atoms with van der Waals surface area (Å²) in [6.45, 7) is 3.57. The third-order valence-electron chi connectivity index (χ3n) is 3.41. The highest BCUT2D eigenvalue weighted by Crippen LogP contribution is 2.29. The van der Waals surface area contributed by atoms with Crippen LogP contribution in [0.5, 0.6) is 0 Å². The Labute approximate surface area is 140 Å². The summed E-state index contributed by atoms with van der Waals surface area (Å²) >= 11 is 0. The molecule has 0 unspecified atom stereocenters. The van der Waals surface area contributed by atoms with Crippen LogP contribution < -0.4 is 5.32 Å². The number of carbonyl (C=O) groups excluding carboxylic acids is 1. The number of nitrogens with zero attached hydrogens (tertiary/aromatic N) is 4. The van der Waals surface area contributed by atoms with Crippen molar-refractivity contribution in [1.82, 2.24) is 19.7 Å². The maximum atomic E-state index is 12.6. The summed E-state index contributed by atoms with van der Waals surface area (Å²) in [4.78, 5) is 19.5. The Morgan fingerprint density at radius 3 is 2.60 bits per heavy atom. The quantitative estimate of drug-likeness (QED) is 0.737. The molecule has 3 rings (SSSR count). The number of amides is 1. The highest BCUT2D eigenvalue weighted by Gasteiger charge is 2.29. The molecule has 0 aliphatic rings. The summed E-state index contributed by atoms with van der Waals surface area (Å²) in [5.74, 6) is -0.361. The van der Waals surface area contributed by atoms with Crippen LogP contribution in [-0.4, -0.2) is 25.7 Å². The van der Waals surface area contributed by atoms with E-state index in [0.717, 1.165) is 18.2 Å². The van der Waals surface area contributed by atoms with Crippen molar-refractivity contribution in [3.63, 3.8) is 0 Å². The summed E-state index contributed by atoms with van der Waals surface area (Å²) < 4.78 is 39.3. The molecule has 1 aromatic carbocycles. The van der Waals surface area contributed by atoms with Gasteiger partial charge < -0.3 is 0 Å². The van der Waals surface area contributed by atoms with E-state index in [1.54, 1.807) is 6.20 Å². The number of aromatic nitrogens is 4. The number of hydrogen-bond acceptors (Lipinski definition) is 4. The lowest BCUT2D eigenvalue weighted by Gasteiger charge is -2.08. The molecule has 6 nitrogen and oxygen atoms in total. The summed E-state index contributed by atoms with van der Waals surface area (Å²) in [7, 11) is 0. The van der Waals surface area contributed by atoms with Crippen molar-refractivity contribution in [3.05, 3.63) is 60.4 Å². The van der Waals surface area contributed by atoms with E-state index in [-0.39, 0.29) is 12.5 Å². The first-order valence-corrected chi connectivity index (χ1v) is 7.15. The molecule has 0 saturated carbocycles. The molecule has 0 atom stereocenters. The summed E-state index contributed by atoms with van der Waals surface area (Å²) in [5.41, 5.74) is 0.376. The van der Waals surface area contributed by atoms with Crippen LogP contribution in [0.3, 0.4) is 0 Å². The molecule has 0 bridgehead atoms. The number of rotatable bonds is 4. The van der Waals surface area contributed by atoms with Crippen LogP contribution in [-0.2, 0) is 17.5 Å². The minimum atomic E-state index is -4.37. The van der Waals surface area contributed by atoms with Gasteiger partial charge in [0.15, 0.2) is 5.65 Å². The van der Waals surface area contributed by atoms with Crippen molar-refractivity contribution in [2.24, 2.45) is 0 Å². The van der Waals surface area contributed by atoms with Crippen molar-refractivity contribution in [2.75, 3.05) is 5.32 Å². The zero-order chi connectivity index (χ0) is 18.0. The second-order valence-corrected chi connectivity index (χ2v) is 5.16. The Hall–Kier alpha value is -3.23. The lowest BCUT2D eigenvalue weighted by molar-refractivity contribution is -0.137. The van der Waals surface area contributed by atoms with E-state index in [0.29, 0.717) is 16.6 Å². The highest BCUT2D eigenvalue weighted by molar-refractivity contribution is 5.98. The molecule has 3 aromatic rings. The Morgan fingerprint density at radius 2 is 1.96 bits per heavy atom. The first kappa shape index (κ1) is 16.6. The average molecular weight is 347 g/mol. The van der Waals surface area contributed by atoms with Gasteiger partial charge in [0.25, 0.3) is 0 Å². The predicted molar refractivity (Wildman–Crippen MR) is 84.7 cm³/mol. The number of alkyl halides is 3. The molecule has 1 amide bonds. The molecule has 0 aliphatic heterocycles. The smallest absolute Gasteiger partial charge is 0.291 e. The van der Waals surface area contributed by atoms with Crippen LogP contribution in [0, 0.1) is 0 Å². The van der Waals surface area contributed by atoms with Crippen LogP contribution >= 0.6 is 0 Å². The third kappa shape index (κ3) is 3.65. The monoisotopic (exact) mass is 347 g/mol. The number of carbonyl (C=O) groups is 1. The first-order chi connectivity index (χ1) is 11.9. The van der Waals surface area contributed by atoms with Gasteiger partial charge in [0.05, 0.1) is 23.7 Å². The Balaban J connectivity index is 1.87. The van der Waals surface area contributed by atoms with Crippen LogP contribution in [0.15, 0.2) is 49.3 Å². The maximum Gasteiger partial charge on any atom is 0.416 e. The van der Waals surface area contributed by atoms with Gasteiger partial charge in [0, 0.05) is 6.20 Å². The molecular formula is C16H12F3N5O. The van der Waals surface area contributed by atoms with Crippen molar-refractivity contribution >= 4 is 22.9 Å². The van der Waals surface area contributed by atoms with E-state index >= 15 is 0 Å². The fourth-order valence-corrected chi connectivity index (χ4v) is 2.18. The number of anilines is 1. The van der Waals surface area contributed by atoms with Gasteiger partial charge in [-0.1, -0.05) is 18.7 Å². The molecule has 0 aliphatic carbocycles. The van der Waals surface area contributed by atoms with Crippen molar-refractivity contribution < 1.29 is 18.0 Å². The summed E-state index contributed by atoms with van der Waals surface area (Å²) in [6, 6.07) is 4.81. The second-order valence-electron chi connectivity index (χ2n) is 5.16. The zero-order valence-electron chi connectivity index (χ0n) is 12.8. The molecule has 0 saturated heterocycles. The molecule has 9 heteroatoms. The lowest BCUT2D eigenvalue weighted by Crippen LogP contribution is -2.11. The van der Waals surface area contributed by atoms with Crippen LogP contribution in [0.25, 0.3) is 11.0 Å². The molecule has 1 N–H and O–H groups in total. The van der Waals surface area contributed by atoms with Gasteiger partial charge >= 0.3 is 6.18 Å². The molecule has 0 fully saturated rings. The van der Waals surface area contributed by atoms with Gasteiger partial charge in [0.1, 0.15) is 0 Å². The number of nitrogens with one attached hydrogen (secondary N) is 1. The predicted octanol–water partition coefficient (Wildman–Crippen LogP) is 3.02. The van der Waals surface area contributed by atoms with E-state index in [1.165, 1.54) is 23.0 Å². The Kier molecular flexibility index (Phi) is 4.22. The van der Waals surface area contributed by atoms with Gasteiger partial charge in [-0.05, 0) is 23.8 Å². The molecule has 2 aromatic heterocycles. The van der Waals surface area contributed by atoms with Gasteiger partial charge in [-0.25, -0.2) is 9.67 Å². The van der Waals surface area contributed by atoms with E-state index in [2.05, 4.69) is 27.0 Å². The lowest BCUT2D eigenvalue weighted by atomic mass is 10.1. The van der Waals surface area contributed by atoms with E-state index in [4.69, 9.17) is 0 Å². The third-order valence-corrected chi connectivity index (χ3v) is 3.41. The first-order valence-electron chi connectivity index (χ1n) is 7.15. The fourth-order valence-electron chi connectivity index (χ4n) is 2.18. The number of fused-ring (bicyclic) bond motifs is 1. The molecule has 0 spiro atoms. The minimum absolute atomic E-state index is 0.0894.